The second-order valence-electron chi connectivity index (χ2n) is 6.61. The van der Waals surface area contributed by atoms with Crippen molar-refractivity contribution in [1.82, 2.24) is 24.6 Å². The van der Waals surface area contributed by atoms with Gasteiger partial charge in [-0.25, -0.2) is 0 Å². The number of likely N-dealkylation sites (tertiary alicyclic amines) is 1. The number of carbonyl (C=O) groups is 1. The van der Waals surface area contributed by atoms with Crippen LogP contribution in [0.4, 0.5) is 5.82 Å². The van der Waals surface area contributed by atoms with Crippen molar-refractivity contribution in [2.45, 2.75) is 24.5 Å². The molecule has 2 saturated heterocycles. The van der Waals surface area contributed by atoms with Gasteiger partial charge in [-0.3, -0.25) is 9.48 Å². The van der Waals surface area contributed by atoms with Crippen LogP contribution in [-0.4, -0.2) is 67.5 Å². The third-order valence-electron chi connectivity index (χ3n) is 5.07. The van der Waals surface area contributed by atoms with Crippen LogP contribution >= 0.6 is 11.6 Å². The van der Waals surface area contributed by atoms with E-state index in [1.807, 2.05) is 24.2 Å². The van der Waals surface area contributed by atoms with E-state index >= 15 is 0 Å². The molecule has 138 valence electrons. The van der Waals surface area contributed by atoms with Crippen LogP contribution < -0.4 is 9.64 Å². The van der Waals surface area contributed by atoms with Crippen molar-refractivity contribution in [2.75, 3.05) is 25.2 Å². The SMILES string of the molecule is COc1nc(Cl)cc(N2C[C@@H]3C[C@@]2(CO)C(=O)N3Cc2ccn(C)n2)n1. The lowest BCUT2D eigenvalue weighted by atomic mass is 9.99. The van der Waals surface area contributed by atoms with Crippen molar-refractivity contribution in [3.8, 4) is 6.01 Å². The minimum Gasteiger partial charge on any atom is -0.467 e. The Morgan fingerprint density at radius 2 is 2.27 bits per heavy atom. The standard InChI is InChI=1S/C16H19ClN6O3/c1-21-4-3-10(20-21)7-22-11-6-16(9-24,14(22)25)23(8-11)13-5-12(17)18-15(19-13)26-2/h3-5,11,24H,6-9H2,1-2H3/t11-,16+/m0/s1. The van der Waals surface area contributed by atoms with E-state index in [9.17, 15) is 9.90 Å². The lowest BCUT2D eigenvalue weighted by molar-refractivity contribution is -0.136. The number of nitrogens with zero attached hydrogens (tertiary/aromatic N) is 6. The fraction of sp³-hybridized carbons (Fsp3) is 0.500. The lowest BCUT2D eigenvalue weighted by Crippen LogP contribution is -2.60. The Bertz CT molecular complexity index is 858. The van der Waals surface area contributed by atoms with E-state index in [4.69, 9.17) is 16.3 Å². The van der Waals surface area contributed by atoms with Gasteiger partial charge in [0, 0.05) is 32.3 Å². The molecule has 0 aromatic carbocycles. The van der Waals surface area contributed by atoms with Crippen LogP contribution in [0.25, 0.3) is 0 Å². The number of rotatable bonds is 5. The fourth-order valence-electron chi connectivity index (χ4n) is 3.86. The first-order valence-corrected chi connectivity index (χ1v) is 8.61. The number of carbonyl (C=O) groups excluding carboxylic acids is 1. The van der Waals surface area contributed by atoms with Crippen LogP contribution in [0.5, 0.6) is 6.01 Å². The highest BCUT2D eigenvalue weighted by atomic mass is 35.5. The molecule has 2 aliphatic rings. The van der Waals surface area contributed by atoms with Crippen molar-refractivity contribution in [2.24, 2.45) is 7.05 Å². The minimum absolute atomic E-state index is 0.0311. The Kier molecular flexibility index (Phi) is 4.00. The lowest BCUT2D eigenvalue weighted by Gasteiger charge is -2.40. The van der Waals surface area contributed by atoms with Crippen LogP contribution in [0.1, 0.15) is 12.1 Å². The van der Waals surface area contributed by atoms with E-state index < -0.39 is 5.54 Å². The van der Waals surface area contributed by atoms with E-state index in [1.54, 1.807) is 15.6 Å². The van der Waals surface area contributed by atoms with Crippen molar-refractivity contribution < 1.29 is 14.6 Å². The second-order valence-corrected chi connectivity index (χ2v) is 6.99. The molecule has 9 nitrogen and oxygen atoms in total. The smallest absolute Gasteiger partial charge is 0.319 e. The molecule has 2 atom stereocenters. The van der Waals surface area contributed by atoms with Gasteiger partial charge in [-0.05, 0) is 6.07 Å². The maximum Gasteiger partial charge on any atom is 0.319 e. The molecular formula is C16H19ClN6O3. The number of amides is 1. The Morgan fingerprint density at radius 3 is 2.92 bits per heavy atom. The van der Waals surface area contributed by atoms with E-state index in [0.717, 1.165) is 5.69 Å². The Labute approximate surface area is 155 Å². The highest BCUT2D eigenvalue weighted by molar-refractivity contribution is 6.29. The maximum absolute atomic E-state index is 13.1. The average molecular weight is 379 g/mol. The topological polar surface area (TPSA) is 96.6 Å². The van der Waals surface area contributed by atoms with Gasteiger partial charge in [-0.15, -0.1) is 0 Å². The molecule has 2 aliphatic heterocycles. The van der Waals surface area contributed by atoms with Gasteiger partial charge in [0.15, 0.2) is 0 Å². The number of aryl methyl sites for hydroxylation is 1. The first kappa shape index (κ1) is 17.0. The quantitative estimate of drug-likeness (QED) is 0.743. The summed E-state index contributed by atoms with van der Waals surface area (Å²) in [7, 11) is 3.29. The molecule has 0 unspecified atom stereocenters. The number of anilines is 1. The van der Waals surface area contributed by atoms with Gasteiger partial charge in [0.2, 0.25) is 0 Å². The van der Waals surface area contributed by atoms with Crippen molar-refractivity contribution >= 4 is 23.3 Å². The van der Waals surface area contributed by atoms with Crippen molar-refractivity contribution in [3.05, 3.63) is 29.2 Å². The molecule has 0 spiro atoms. The zero-order valence-electron chi connectivity index (χ0n) is 14.5. The third-order valence-corrected chi connectivity index (χ3v) is 5.26. The molecule has 1 amide bonds. The van der Waals surface area contributed by atoms with Crippen LogP contribution in [0.3, 0.4) is 0 Å². The first-order chi connectivity index (χ1) is 12.5. The van der Waals surface area contributed by atoms with Crippen molar-refractivity contribution in [3.63, 3.8) is 0 Å². The molecule has 0 saturated carbocycles. The number of halogens is 1. The van der Waals surface area contributed by atoms with Crippen LogP contribution in [-0.2, 0) is 18.4 Å². The summed E-state index contributed by atoms with van der Waals surface area (Å²) in [5.74, 6) is 0.347. The summed E-state index contributed by atoms with van der Waals surface area (Å²) in [6.07, 6.45) is 2.37. The monoisotopic (exact) mass is 378 g/mol. The predicted molar refractivity (Wildman–Crippen MR) is 92.9 cm³/mol. The predicted octanol–water partition coefficient (Wildman–Crippen LogP) is 0.224. The summed E-state index contributed by atoms with van der Waals surface area (Å²) < 4.78 is 6.78. The largest absolute Gasteiger partial charge is 0.467 e. The van der Waals surface area contributed by atoms with Gasteiger partial charge in [0.05, 0.1) is 32.0 Å². The molecule has 4 rings (SSSR count). The average Bonchev–Trinajstić information content (AvgIpc) is 3.28. The number of hydrogen-bond donors (Lipinski definition) is 1. The maximum atomic E-state index is 13.1. The van der Waals surface area contributed by atoms with Gasteiger partial charge < -0.3 is 19.6 Å². The van der Waals surface area contributed by atoms with Crippen molar-refractivity contribution in [1.29, 1.82) is 0 Å². The molecule has 2 bridgehead atoms. The summed E-state index contributed by atoms with van der Waals surface area (Å²) in [4.78, 5) is 25.0. The number of fused-ring (bicyclic) bond motifs is 2. The third kappa shape index (κ3) is 2.50. The highest BCUT2D eigenvalue weighted by Gasteiger charge is 2.61. The molecular weight excluding hydrogens is 360 g/mol. The molecule has 10 heteroatoms. The summed E-state index contributed by atoms with van der Waals surface area (Å²) in [5, 5.41) is 14.7. The van der Waals surface area contributed by atoms with Gasteiger partial charge in [0.25, 0.3) is 5.91 Å². The van der Waals surface area contributed by atoms with Gasteiger partial charge in [0.1, 0.15) is 16.5 Å². The summed E-state index contributed by atoms with van der Waals surface area (Å²) >= 11 is 6.05. The molecule has 0 radical (unpaired) electrons. The zero-order valence-corrected chi connectivity index (χ0v) is 15.2. The minimum atomic E-state index is -1.04. The fourth-order valence-corrected chi connectivity index (χ4v) is 4.03. The van der Waals surface area contributed by atoms with E-state index in [-0.39, 0.29) is 29.7 Å². The Morgan fingerprint density at radius 1 is 1.46 bits per heavy atom. The summed E-state index contributed by atoms with van der Waals surface area (Å²) in [6.45, 7) is 0.675. The zero-order chi connectivity index (χ0) is 18.5. The Balaban J connectivity index is 1.64. The molecule has 4 heterocycles. The number of ether oxygens (including phenoxy) is 1. The first-order valence-electron chi connectivity index (χ1n) is 8.23. The van der Waals surface area contributed by atoms with Crippen LogP contribution in [0.15, 0.2) is 18.3 Å². The molecule has 1 N–H and O–H groups in total. The molecule has 0 aliphatic carbocycles. The number of aromatic nitrogens is 4. The van der Waals surface area contributed by atoms with E-state index in [1.165, 1.54) is 7.11 Å². The number of hydrogen-bond acceptors (Lipinski definition) is 7. The number of methoxy groups -OCH3 is 1. The molecule has 2 aromatic rings. The number of aliphatic hydroxyl groups is 1. The number of aliphatic hydroxyl groups excluding tert-OH is 1. The Hall–Kier alpha value is -2.39. The normalized spacial score (nSPS) is 24.6. The van der Waals surface area contributed by atoms with E-state index in [0.29, 0.717) is 25.3 Å². The molecule has 2 aromatic heterocycles. The van der Waals surface area contributed by atoms with E-state index in [2.05, 4.69) is 15.1 Å². The van der Waals surface area contributed by atoms with Gasteiger partial charge in [-0.2, -0.15) is 15.1 Å². The van der Waals surface area contributed by atoms with Crippen LogP contribution in [0, 0.1) is 0 Å². The van der Waals surface area contributed by atoms with Crippen LogP contribution in [0.2, 0.25) is 5.15 Å². The summed E-state index contributed by atoms with van der Waals surface area (Å²) in [5.41, 5.74) is -0.220. The van der Waals surface area contributed by atoms with Gasteiger partial charge >= 0.3 is 6.01 Å². The van der Waals surface area contributed by atoms with Gasteiger partial charge in [-0.1, -0.05) is 11.6 Å². The molecule has 26 heavy (non-hydrogen) atoms. The highest BCUT2D eigenvalue weighted by Crippen LogP contribution is 2.44. The summed E-state index contributed by atoms with van der Waals surface area (Å²) in [6, 6.07) is 3.56. The number of piperazine rings is 1. The molecule has 2 fully saturated rings. The second kappa shape index (κ2) is 6.10.